The van der Waals surface area contributed by atoms with E-state index in [-0.39, 0.29) is 0 Å². The van der Waals surface area contributed by atoms with Crippen LogP contribution >= 0.6 is 0 Å². The summed E-state index contributed by atoms with van der Waals surface area (Å²) in [5.74, 6) is 0. The predicted octanol–water partition coefficient (Wildman–Crippen LogP) is 5.88. The van der Waals surface area contributed by atoms with Crippen molar-refractivity contribution in [3.8, 4) is 22.4 Å². The Labute approximate surface area is 136 Å². The molecule has 110 valence electrons. The lowest BCUT2D eigenvalue weighted by atomic mass is 9.99. The summed E-state index contributed by atoms with van der Waals surface area (Å²) in [7, 11) is 0. The number of hydrogen-bond acceptors (Lipinski definition) is 1. The molecule has 0 aliphatic heterocycles. The van der Waals surface area contributed by atoms with Gasteiger partial charge in [0.05, 0.1) is 5.69 Å². The summed E-state index contributed by atoms with van der Waals surface area (Å²) in [6.45, 7) is 2.05. The molecule has 1 aromatic heterocycles. The van der Waals surface area contributed by atoms with E-state index in [0.29, 0.717) is 0 Å². The van der Waals surface area contributed by atoms with Crippen molar-refractivity contribution in [3.05, 3.63) is 90.6 Å². The van der Waals surface area contributed by atoms with Crippen molar-refractivity contribution in [2.75, 3.05) is 0 Å². The SMILES string of the molecule is Cc1cc(-c2ccc3ccccc3c2)cc(-c2ccccc2)n1. The van der Waals surface area contributed by atoms with E-state index in [9.17, 15) is 0 Å². The third-order valence-electron chi connectivity index (χ3n) is 4.11. The highest BCUT2D eigenvalue weighted by atomic mass is 14.7. The van der Waals surface area contributed by atoms with Crippen LogP contribution in [0, 0.1) is 6.92 Å². The van der Waals surface area contributed by atoms with Gasteiger partial charge >= 0.3 is 0 Å². The first kappa shape index (κ1) is 13.7. The zero-order valence-electron chi connectivity index (χ0n) is 13.0. The zero-order chi connectivity index (χ0) is 15.6. The molecule has 0 amide bonds. The normalized spacial score (nSPS) is 10.8. The molecule has 23 heavy (non-hydrogen) atoms. The molecule has 0 fully saturated rings. The number of fused-ring (bicyclic) bond motifs is 1. The van der Waals surface area contributed by atoms with E-state index in [4.69, 9.17) is 4.98 Å². The van der Waals surface area contributed by atoms with Crippen LogP contribution in [-0.4, -0.2) is 4.98 Å². The van der Waals surface area contributed by atoms with Crippen molar-refractivity contribution in [2.45, 2.75) is 6.92 Å². The standard InChI is InChI=1S/C22H17N/c1-16-13-21(15-22(23-16)18-8-3-2-4-9-18)20-12-11-17-7-5-6-10-19(17)14-20/h2-15H,1H3. The predicted molar refractivity (Wildman–Crippen MR) is 97.4 cm³/mol. The highest BCUT2D eigenvalue weighted by Crippen LogP contribution is 2.28. The fourth-order valence-electron chi connectivity index (χ4n) is 2.96. The van der Waals surface area contributed by atoms with Gasteiger partial charge in [0.1, 0.15) is 0 Å². The van der Waals surface area contributed by atoms with Crippen molar-refractivity contribution in [1.82, 2.24) is 4.98 Å². The third kappa shape index (κ3) is 2.74. The van der Waals surface area contributed by atoms with Crippen LogP contribution in [0.4, 0.5) is 0 Å². The van der Waals surface area contributed by atoms with Gasteiger partial charge in [-0.2, -0.15) is 0 Å². The van der Waals surface area contributed by atoms with Crippen LogP contribution in [0.25, 0.3) is 33.2 Å². The maximum absolute atomic E-state index is 4.69. The molecule has 0 atom stereocenters. The van der Waals surface area contributed by atoms with Crippen LogP contribution in [-0.2, 0) is 0 Å². The van der Waals surface area contributed by atoms with Gasteiger partial charge in [0.15, 0.2) is 0 Å². The minimum atomic E-state index is 1.02. The van der Waals surface area contributed by atoms with Crippen molar-refractivity contribution >= 4 is 10.8 Å². The van der Waals surface area contributed by atoms with E-state index in [1.165, 1.54) is 21.9 Å². The number of aryl methyl sites for hydroxylation is 1. The molecule has 0 spiro atoms. The molecule has 0 bridgehead atoms. The molecular formula is C22H17N. The number of benzene rings is 3. The lowest BCUT2D eigenvalue weighted by Crippen LogP contribution is -1.89. The fraction of sp³-hybridized carbons (Fsp3) is 0.0455. The summed E-state index contributed by atoms with van der Waals surface area (Å²) in [6.07, 6.45) is 0. The second kappa shape index (κ2) is 5.69. The van der Waals surface area contributed by atoms with E-state index in [1.807, 2.05) is 6.07 Å². The van der Waals surface area contributed by atoms with Crippen LogP contribution in [0.2, 0.25) is 0 Å². The maximum Gasteiger partial charge on any atom is 0.0711 e. The Morgan fingerprint density at radius 1 is 0.565 bits per heavy atom. The number of rotatable bonds is 2. The molecule has 4 rings (SSSR count). The third-order valence-corrected chi connectivity index (χ3v) is 4.11. The summed E-state index contributed by atoms with van der Waals surface area (Å²) in [4.78, 5) is 4.69. The van der Waals surface area contributed by atoms with Gasteiger partial charge in [-0.25, -0.2) is 0 Å². The lowest BCUT2D eigenvalue weighted by molar-refractivity contribution is 1.21. The molecule has 4 aromatic rings. The lowest BCUT2D eigenvalue weighted by Gasteiger charge is -2.09. The molecule has 3 aromatic carbocycles. The highest BCUT2D eigenvalue weighted by molar-refractivity contribution is 5.87. The number of nitrogens with zero attached hydrogens (tertiary/aromatic N) is 1. The van der Waals surface area contributed by atoms with Crippen molar-refractivity contribution in [1.29, 1.82) is 0 Å². The quantitative estimate of drug-likeness (QED) is 0.450. The summed E-state index contributed by atoms with van der Waals surface area (Å²) in [5, 5.41) is 2.53. The summed E-state index contributed by atoms with van der Waals surface area (Å²) >= 11 is 0. The van der Waals surface area contributed by atoms with Gasteiger partial charge in [-0.05, 0) is 47.0 Å². The molecule has 0 unspecified atom stereocenters. The topological polar surface area (TPSA) is 12.9 Å². The van der Waals surface area contributed by atoms with Crippen LogP contribution in [0.5, 0.6) is 0 Å². The van der Waals surface area contributed by atoms with Crippen LogP contribution in [0.3, 0.4) is 0 Å². The number of pyridine rings is 1. The Balaban J connectivity index is 1.86. The second-order valence-electron chi connectivity index (χ2n) is 5.81. The number of aromatic nitrogens is 1. The van der Waals surface area contributed by atoms with Crippen LogP contribution in [0.1, 0.15) is 5.69 Å². The minimum Gasteiger partial charge on any atom is -0.253 e. The van der Waals surface area contributed by atoms with Gasteiger partial charge in [-0.3, -0.25) is 4.98 Å². The van der Waals surface area contributed by atoms with Gasteiger partial charge in [0.2, 0.25) is 0 Å². The Kier molecular flexibility index (Phi) is 3.39. The Morgan fingerprint density at radius 3 is 2.13 bits per heavy atom. The molecule has 0 aliphatic carbocycles. The van der Waals surface area contributed by atoms with Gasteiger partial charge in [-0.1, -0.05) is 66.7 Å². The average Bonchev–Trinajstić information content (AvgIpc) is 2.61. The van der Waals surface area contributed by atoms with Crippen molar-refractivity contribution in [3.63, 3.8) is 0 Å². The Hall–Kier alpha value is -2.93. The van der Waals surface area contributed by atoms with E-state index < -0.39 is 0 Å². The van der Waals surface area contributed by atoms with Crippen molar-refractivity contribution in [2.24, 2.45) is 0 Å². The molecule has 1 heteroatoms. The first-order valence-corrected chi connectivity index (χ1v) is 7.83. The fourth-order valence-corrected chi connectivity index (χ4v) is 2.96. The molecule has 0 N–H and O–H groups in total. The molecule has 0 radical (unpaired) electrons. The van der Waals surface area contributed by atoms with Gasteiger partial charge in [-0.15, -0.1) is 0 Å². The maximum atomic E-state index is 4.69. The first-order chi connectivity index (χ1) is 11.3. The zero-order valence-corrected chi connectivity index (χ0v) is 13.0. The largest absolute Gasteiger partial charge is 0.253 e. The number of hydrogen-bond donors (Lipinski definition) is 0. The molecule has 1 nitrogen and oxygen atoms in total. The van der Waals surface area contributed by atoms with Crippen molar-refractivity contribution < 1.29 is 0 Å². The summed E-state index contributed by atoms with van der Waals surface area (Å²) < 4.78 is 0. The van der Waals surface area contributed by atoms with Crippen LogP contribution in [0.15, 0.2) is 84.9 Å². The average molecular weight is 295 g/mol. The van der Waals surface area contributed by atoms with E-state index >= 15 is 0 Å². The smallest absolute Gasteiger partial charge is 0.0711 e. The monoisotopic (exact) mass is 295 g/mol. The molecule has 0 saturated carbocycles. The van der Waals surface area contributed by atoms with Crippen LogP contribution < -0.4 is 0 Å². The summed E-state index contributed by atoms with van der Waals surface area (Å²) in [6, 6.07) is 29.7. The van der Waals surface area contributed by atoms with Gasteiger partial charge < -0.3 is 0 Å². The molecule has 1 heterocycles. The second-order valence-corrected chi connectivity index (χ2v) is 5.81. The Bertz CT molecular complexity index is 971. The van der Waals surface area contributed by atoms with Gasteiger partial charge in [0.25, 0.3) is 0 Å². The first-order valence-electron chi connectivity index (χ1n) is 7.83. The summed E-state index contributed by atoms with van der Waals surface area (Å²) in [5.41, 5.74) is 5.65. The van der Waals surface area contributed by atoms with E-state index in [0.717, 1.165) is 17.0 Å². The van der Waals surface area contributed by atoms with E-state index in [2.05, 4.69) is 85.8 Å². The Morgan fingerprint density at radius 2 is 1.30 bits per heavy atom. The molecule has 0 saturated heterocycles. The van der Waals surface area contributed by atoms with E-state index in [1.54, 1.807) is 0 Å². The minimum absolute atomic E-state index is 1.02. The van der Waals surface area contributed by atoms with Gasteiger partial charge in [0, 0.05) is 11.3 Å². The molecule has 0 aliphatic rings. The molecular weight excluding hydrogens is 278 g/mol. The highest BCUT2D eigenvalue weighted by Gasteiger charge is 2.05.